The summed E-state index contributed by atoms with van der Waals surface area (Å²) in [5, 5.41) is 9.81. The van der Waals surface area contributed by atoms with Crippen LogP contribution in [0.25, 0.3) is 0 Å². The lowest BCUT2D eigenvalue weighted by atomic mass is 9.75. The number of urea groups is 1. The summed E-state index contributed by atoms with van der Waals surface area (Å²) in [5.41, 5.74) is -0.817. The van der Waals surface area contributed by atoms with Gasteiger partial charge in [-0.3, -0.25) is 14.5 Å². The largest absolute Gasteiger partial charge is 0.325 e. The van der Waals surface area contributed by atoms with Gasteiger partial charge in [-0.05, 0) is 37.5 Å². The van der Waals surface area contributed by atoms with E-state index in [1.807, 2.05) is 0 Å². The highest BCUT2D eigenvalue weighted by Gasteiger charge is 2.52. The van der Waals surface area contributed by atoms with Crippen LogP contribution in [0, 0.1) is 11.8 Å². The second-order valence-electron chi connectivity index (χ2n) is 8.10. The third kappa shape index (κ3) is 3.99. The van der Waals surface area contributed by atoms with Crippen molar-refractivity contribution in [3.63, 3.8) is 0 Å². The summed E-state index contributed by atoms with van der Waals surface area (Å²) in [6.45, 7) is 6.67. The molecule has 0 atom stereocenters. The molecular weight excluding hydrogens is 346 g/mol. The van der Waals surface area contributed by atoms with Gasteiger partial charge in [0.2, 0.25) is 5.91 Å². The van der Waals surface area contributed by atoms with E-state index in [9.17, 15) is 14.4 Å². The van der Waals surface area contributed by atoms with E-state index in [0.29, 0.717) is 37.0 Å². The van der Waals surface area contributed by atoms with E-state index in [4.69, 9.17) is 0 Å². The van der Waals surface area contributed by atoms with Crippen molar-refractivity contribution < 1.29 is 14.4 Å². The van der Waals surface area contributed by atoms with E-state index >= 15 is 0 Å². The number of carbonyl (C=O) groups excluding carboxylic acids is 3. The first kappa shape index (κ1) is 19.4. The lowest BCUT2D eigenvalue weighted by Crippen LogP contribution is -2.49. The number of rotatable bonds is 6. The van der Waals surface area contributed by atoms with E-state index in [1.165, 1.54) is 0 Å². The first-order valence-corrected chi connectivity index (χ1v) is 9.80. The van der Waals surface area contributed by atoms with Crippen molar-refractivity contribution in [2.45, 2.75) is 65.0 Å². The average molecular weight is 375 g/mol. The van der Waals surface area contributed by atoms with Gasteiger partial charge in [-0.25, -0.2) is 9.48 Å². The minimum Gasteiger partial charge on any atom is -0.323 e. The molecule has 2 N–H and O–H groups in total. The maximum absolute atomic E-state index is 12.9. The maximum Gasteiger partial charge on any atom is 0.325 e. The predicted molar refractivity (Wildman–Crippen MR) is 101 cm³/mol. The van der Waals surface area contributed by atoms with Gasteiger partial charge in [0.15, 0.2) is 0 Å². The number of nitrogens with zero attached hydrogens (tertiary/aromatic N) is 3. The molecule has 27 heavy (non-hydrogen) atoms. The molecule has 0 radical (unpaired) electrons. The minimum absolute atomic E-state index is 0.270. The number of hydrogen-bond donors (Lipinski definition) is 2. The molecule has 1 saturated carbocycles. The molecule has 1 aromatic rings. The van der Waals surface area contributed by atoms with Crippen molar-refractivity contribution in [3.8, 4) is 0 Å². The van der Waals surface area contributed by atoms with Crippen molar-refractivity contribution in [1.29, 1.82) is 0 Å². The van der Waals surface area contributed by atoms with Gasteiger partial charge in [-0.15, -0.1) is 0 Å². The molecule has 0 unspecified atom stereocenters. The van der Waals surface area contributed by atoms with Crippen LogP contribution in [0.1, 0.15) is 52.9 Å². The van der Waals surface area contributed by atoms with Gasteiger partial charge in [0, 0.05) is 12.6 Å². The number of imide groups is 1. The zero-order valence-corrected chi connectivity index (χ0v) is 16.3. The Labute approximate surface area is 159 Å². The van der Waals surface area contributed by atoms with Gasteiger partial charge in [-0.2, -0.15) is 5.10 Å². The van der Waals surface area contributed by atoms with Crippen molar-refractivity contribution in [3.05, 3.63) is 12.3 Å². The first-order chi connectivity index (χ1) is 12.8. The molecule has 148 valence electrons. The second kappa shape index (κ2) is 7.70. The molecule has 8 nitrogen and oxygen atoms in total. The molecule has 3 rings (SSSR count). The van der Waals surface area contributed by atoms with Gasteiger partial charge in [0.1, 0.15) is 17.9 Å². The highest BCUT2D eigenvalue weighted by molar-refractivity contribution is 6.10. The lowest BCUT2D eigenvalue weighted by Gasteiger charge is -2.34. The summed E-state index contributed by atoms with van der Waals surface area (Å²) >= 11 is 0. The summed E-state index contributed by atoms with van der Waals surface area (Å²) in [6, 6.07) is 1.24. The van der Waals surface area contributed by atoms with E-state index in [2.05, 4.69) is 36.5 Å². The monoisotopic (exact) mass is 375 g/mol. The molecule has 4 amide bonds. The molecule has 1 spiro atoms. The minimum atomic E-state index is -0.817. The highest BCUT2D eigenvalue weighted by atomic mass is 16.2. The van der Waals surface area contributed by atoms with Gasteiger partial charge >= 0.3 is 6.03 Å². The van der Waals surface area contributed by atoms with Crippen LogP contribution in [0.5, 0.6) is 0 Å². The van der Waals surface area contributed by atoms with Crippen molar-refractivity contribution in [2.24, 2.45) is 11.8 Å². The van der Waals surface area contributed by atoms with Crippen LogP contribution in [-0.2, 0) is 16.1 Å². The molecule has 0 aromatic carbocycles. The molecule has 2 heterocycles. The maximum atomic E-state index is 12.9. The van der Waals surface area contributed by atoms with Crippen LogP contribution in [0.2, 0.25) is 0 Å². The molecule has 2 aliphatic rings. The van der Waals surface area contributed by atoms with Crippen LogP contribution >= 0.6 is 0 Å². The Kier molecular flexibility index (Phi) is 5.53. The number of carbonyl (C=O) groups is 3. The molecule has 2 fully saturated rings. The molecule has 1 aliphatic heterocycles. The van der Waals surface area contributed by atoms with Gasteiger partial charge < -0.3 is 10.6 Å². The molecule has 0 bridgehead atoms. The van der Waals surface area contributed by atoms with Crippen LogP contribution in [0.3, 0.4) is 0 Å². The normalized spacial score (nSPS) is 25.3. The molecule has 1 aromatic heterocycles. The zero-order chi connectivity index (χ0) is 19.6. The van der Waals surface area contributed by atoms with E-state index in [0.717, 1.165) is 24.2 Å². The zero-order valence-electron chi connectivity index (χ0n) is 16.3. The van der Waals surface area contributed by atoms with E-state index in [-0.39, 0.29) is 12.5 Å². The molecule has 8 heteroatoms. The molecular formula is C19H29N5O3. The van der Waals surface area contributed by atoms with Crippen LogP contribution in [0.4, 0.5) is 10.6 Å². The quantitative estimate of drug-likeness (QED) is 0.746. The fraction of sp³-hybridized carbons (Fsp3) is 0.684. The van der Waals surface area contributed by atoms with E-state index in [1.54, 1.807) is 16.9 Å². The summed E-state index contributed by atoms with van der Waals surface area (Å²) in [7, 11) is 0. The summed E-state index contributed by atoms with van der Waals surface area (Å²) < 4.78 is 1.71. The van der Waals surface area contributed by atoms with Crippen molar-refractivity contribution >= 4 is 23.7 Å². The SMILES string of the molecule is CCC1CCC2(CC1)NC(=O)N(CC(=O)Nc1ccnn1CC(C)C)C2=O. The Morgan fingerprint density at radius 1 is 1.37 bits per heavy atom. The number of amides is 4. The summed E-state index contributed by atoms with van der Waals surface area (Å²) in [5.74, 6) is 0.888. The first-order valence-electron chi connectivity index (χ1n) is 9.80. The van der Waals surface area contributed by atoms with Gasteiger partial charge in [0.05, 0.1) is 6.20 Å². The van der Waals surface area contributed by atoms with Crippen molar-refractivity contribution in [1.82, 2.24) is 20.0 Å². The predicted octanol–water partition coefficient (Wildman–Crippen LogP) is 2.37. The number of nitrogens with one attached hydrogen (secondary N) is 2. The Morgan fingerprint density at radius 3 is 2.70 bits per heavy atom. The van der Waals surface area contributed by atoms with Crippen LogP contribution < -0.4 is 10.6 Å². The number of hydrogen-bond acceptors (Lipinski definition) is 4. The second-order valence-corrected chi connectivity index (χ2v) is 8.10. The topological polar surface area (TPSA) is 96.3 Å². The molecule has 1 saturated heterocycles. The fourth-order valence-electron chi connectivity index (χ4n) is 3.99. The molecule has 1 aliphatic carbocycles. The Bertz CT molecular complexity index is 719. The fourth-order valence-corrected chi connectivity index (χ4v) is 3.99. The lowest BCUT2D eigenvalue weighted by molar-refractivity contribution is -0.135. The number of anilines is 1. The van der Waals surface area contributed by atoms with Gasteiger partial charge in [0.25, 0.3) is 5.91 Å². The van der Waals surface area contributed by atoms with Crippen molar-refractivity contribution in [2.75, 3.05) is 11.9 Å². The Morgan fingerprint density at radius 2 is 2.07 bits per heavy atom. The van der Waals surface area contributed by atoms with Gasteiger partial charge in [-0.1, -0.05) is 27.2 Å². The Balaban J connectivity index is 1.62. The highest BCUT2D eigenvalue weighted by Crippen LogP contribution is 2.37. The third-order valence-corrected chi connectivity index (χ3v) is 5.61. The number of aromatic nitrogens is 2. The smallest absolute Gasteiger partial charge is 0.323 e. The average Bonchev–Trinajstić information content (AvgIpc) is 3.13. The van der Waals surface area contributed by atoms with E-state index < -0.39 is 17.5 Å². The standard InChI is InChI=1S/C19H29N5O3/c1-4-14-5-8-19(9-6-14)17(26)23(18(27)22-19)12-16(25)21-15-7-10-20-24(15)11-13(2)3/h7,10,13-14H,4-6,8-9,11-12H2,1-3H3,(H,21,25)(H,22,27). The Hall–Kier alpha value is -2.38. The van der Waals surface area contributed by atoms with Crippen LogP contribution in [0.15, 0.2) is 12.3 Å². The van der Waals surface area contributed by atoms with Crippen LogP contribution in [-0.4, -0.2) is 44.6 Å². The third-order valence-electron chi connectivity index (χ3n) is 5.61. The summed E-state index contributed by atoms with van der Waals surface area (Å²) in [4.78, 5) is 38.7. The summed E-state index contributed by atoms with van der Waals surface area (Å²) in [6.07, 6.45) is 5.86.